The fourth-order valence-corrected chi connectivity index (χ4v) is 3.02. The van der Waals surface area contributed by atoms with Crippen LogP contribution in [0.5, 0.6) is 0 Å². The average molecular weight is 362 g/mol. The highest BCUT2D eigenvalue weighted by atomic mass is 16.1. The van der Waals surface area contributed by atoms with Crippen LogP contribution in [0.15, 0.2) is 36.8 Å². The molecule has 0 aliphatic heterocycles. The molecule has 7 nitrogen and oxygen atoms in total. The van der Waals surface area contributed by atoms with Gasteiger partial charge in [0.25, 0.3) is 0 Å². The zero-order valence-electron chi connectivity index (χ0n) is 15.7. The number of fused-ring (bicyclic) bond motifs is 1. The van der Waals surface area contributed by atoms with E-state index in [-0.39, 0.29) is 12.3 Å². The van der Waals surface area contributed by atoms with Crippen LogP contribution in [0, 0.1) is 11.3 Å². The monoisotopic (exact) mass is 362 g/mol. The number of carbonyl (C=O) groups excluding carboxylic acids is 1. The van der Waals surface area contributed by atoms with E-state index in [0.29, 0.717) is 6.54 Å². The number of aromatic nitrogens is 3. The van der Waals surface area contributed by atoms with E-state index in [1.165, 1.54) is 0 Å². The lowest BCUT2D eigenvalue weighted by atomic mass is 10.1. The first-order valence-corrected chi connectivity index (χ1v) is 8.79. The zero-order valence-corrected chi connectivity index (χ0v) is 15.7. The van der Waals surface area contributed by atoms with Crippen LogP contribution in [0.4, 0.5) is 11.5 Å². The third kappa shape index (κ3) is 3.90. The van der Waals surface area contributed by atoms with E-state index >= 15 is 0 Å². The molecule has 0 radical (unpaired) electrons. The molecule has 1 amide bonds. The maximum atomic E-state index is 11.5. The lowest BCUT2D eigenvalue weighted by Crippen LogP contribution is -2.22. The molecule has 1 N–H and O–H groups in total. The molecular formula is C20H22N6O. The number of imidazole rings is 1. The van der Waals surface area contributed by atoms with Crippen LogP contribution in [0.2, 0.25) is 0 Å². The highest BCUT2D eigenvalue weighted by Gasteiger charge is 2.12. The summed E-state index contributed by atoms with van der Waals surface area (Å²) in [6.45, 7) is 2.51. The molecule has 0 spiro atoms. The van der Waals surface area contributed by atoms with Crippen LogP contribution < -0.4 is 10.2 Å². The molecule has 3 aromatic rings. The lowest BCUT2D eigenvalue weighted by Gasteiger charge is -2.22. The third-order valence-electron chi connectivity index (χ3n) is 4.56. The Morgan fingerprint density at radius 1 is 1.33 bits per heavy atom. The highest BCUT2D eigenvalue weighted by Crippen LogP contribution is 2.28. The second-order valence-electron chi connectivity index (χ2n) is 6.37. The third-order valence-corrected chi connectivity index (χ3v) is 4.56. The number of pyridine rings is 1. The lowest BCUT2D eigenvalue weighted by molar-refractivity contribution is -0.120. The Balaban J connectivity index is 1.85. The first-order valence-electron chi connectivity index (χ1n) is 8.79. The van der Waals surface area contributed by atoms with Gasteiger partial charge in [-0.25, -0.2) is 9.97 Å². The normalized spacial score (nSPS) is 10.6. The van der Waals surface area contributed by atoms with Gasteiger partial charge in [0.1, 0.15) is 17.8 Å². The maximum absolute atomic E-state index is 11.5. The van der Waals surface area contributed by atoms with E-state index < -0.39 is 0 Å². The summed E-state index contributed by atoms with van der Waals surface area (Å²) in [7, 11) is 3.96. The van der Waals surface area contributed by atoms with E-state index in [0.717, 1.165) is 40.1 Å². The molecule has 2 aromatic heterocycles. The minimum atomic E-state index is -0.259. The van der Waals surface area contributed by atoms with Gasteiger partial charge in [-0.2, -0.15) is 5.26 Å². The van der Waals surface area contributed by atoms with Gasteiger partial charge in [-0.05, 0) is 23.6 Å². The number of nitrogens with one attached hydrogen (secondary N) is 1. The number of carbonyl (C=O) groups is 1. The molecule has 0 bridgehead atoms. The number of nitrogens with zero attached hydrogens (tertiary/aromatic N) is 5. The van der Waals surface area contributed by atoms with Gasteiger partial charge >= 0.3 is 0 Å². The number of hydrogen-bond donors (Lipinski definition) is 1. The molecular weight excluding hydrogens is 340 g/mol. The van der Waals surface area contributed by atoms with Crippen LogP contribution >= 0.6 is 0 Å². The summed E-state index contributed by atoms with van der Waals surface area (Å²) in [5.41, 5.74) is 5.14. The maximum Gasteiger partial charge on any atom is 0.234 e. The van der Waals surface area contributed by atoms with Crippen molar-refractivity contribution in [3.05, 3.63) is 47.9 Å². The van der Waals surface area contributed by atoms with Crippen LogP contribution in [0.1, 0.15) is 24.5 Å². The Hall–Kier alpha value is -3.40. The molecule has 0 atom stereocenters. The van der Waals surface area contributed by atoms with Gasteiger partial charge in [-0.1, -0.05) is 19.1 Å². The molecule has 138 valence electrons. The molecule has 7 heteroatoms. The van der Waals surface area contributed by atoms with Crippen molar-refractivity contribution in [2.45, 2.75) is 26.3 Å². The summed E-state index contributed by atoms with van der Waals surface area (Å²) in [4.78, 5) is 22.4. The Labute approximate surface area is 158 Å². The van der Waals surface area contributed by atoms with Gasteiger partial charge in [0, 0.05) is 32.4 Å². The molecule has 27 heavy (non-hydrogen) atoms. The molecule has 0 saturated heterocycles. The van der Waals surface area contributed by atoms with Crippen molar-refractivity contribution in [3.63, 3.8) is 0 Å². The fourth-order valence-electron chi connectivity index (χ4n) is 3.02. The second kappa shape index (κ2) is 7.87. The highest BCUT2D eigenvalue weighted by molar-refractivity contribution is 5.79. The Kier molecular flexibility index (Phi) is 5.36. The summed E-state index contributed by atoms with van der Waals surface area (Å²) in [6.07, 6.45) is 4.30. The number of rotatable bonds is 6. The van der Waals surface area contributed by atoms with Gasteiger partial charge in [-0.15, -0.1) is 0 Å². The van der Waals surface area contributed by atoms with Crippen molar-refractivity contribution in [1.29, 1.82) is 5.26 Å². The first kappa shape index (κ1) is 18.4. The predicted octanol–water partition coefficient (Wildman–Crippen LogP) is 2.83. The van der Waals surface area contributed by atoms with Gasteiger partial charge in [0.2, 0.25) is 5.91 Å². The standard InChI is InChI=1S/C20H22N6O/c1-4-15-9-14(11-23-20(27)7-8-21)5-6-17(15)26(3)19-10-18-16(12-22-19)24-13-25(18)2/h5-6,9-10,12-13H,4,7,11H2,1-3H3,(H,23,27). The van der Waals surface area contributed by atoms with E-state index in [9.17, 15) is 4.79 Å². The number of hydrogen-bond acceptors (Lipinski definition) is 5. The van der Waals surface area contributed by atoms with E-state index in [1.54, 1.807) is 12.5 Å². The summed E-state index contributed by atoms with van der Waals surface area (Å²) >= 11 is 0. The van der Waals surface area contributed by atoms with Crippen molar-refractivity contribution >= 4 is 28.4 Å². The van der Waals surface area contributed by atoms with Gasteiger partial charge < -0.3 is 14.8 Å². The van der Waals surface area contributed by atoms with Crippen molar-refractivity contribution in [3.8, 4) is 6.07 Å². The fraction of sp³-hybridized carbons (Fsp3) is 0.300. The summed E-state index contributed by atoms with van der Waals surface area (Å²) in [5, 5.41) is 11.3. The number of benzene rings is 1. The zero-order chi connectivity index (χ0) is 19.4. The molecule has 0 aliphatic rings. The molecule has 0 aliphatic carbocycles. The largest absolute Gasteiger partial charge is 0.351 e. The van der Waals surface area contributed by atoms with E-state index in [4.69, 9.17) is 5.26 Å². The smallest absolute Gasteiger partial charge is 0.234 e. The van der Waals surface area contributed by atoms with E-state index in [2.05, 4.69) is 33.2 Å². The first-order chi connectivity index (χ1) is 13.0. The molecule has 0 saturated carbocycles. The number of aryl methyl sites for hydroxylation is 2. The Morgan fingerprint density at radius 3 is 2.89 bits per heavy atom. The molecule has 3 rings (SSSR count). The number of anilines is 2. The second-order valence-corrected chi connectivity index (χ2v) is 6.37. The van der Waals surface area contributed by atoms with Crippen LogP contribution in [-0.2, 0) is 24.8 Å². The molecule has 0 fully saturated rings. The Bertz CT molecular complexity index is 1020. The summed E-state index contributed by atoms with van der Waals surface area (Å²) < 4.78 is 1.97. The topological polar surface area (TPSA) is 86.8 Å². The summed E-state index contributed by atoms with van der Waals surface area (Å²) in [5.74, 6) is 0.585. The average Bonchev–Trinajstić information content (AvgIpc) is 3.06. The van der Waals surface area contributed by atoms with Gasteiger partial charge in [0.05, 0.1) is 24.1 Å². The van der Waals surface area contributed by atoms with Crippen molar-refractivity contribution in [1.82, 2.24) is 19.9 Å². The minimum absolute atomic E-state index is 0.121. The predicted molar refractivity (Wildman–Crippen MR) is 104 cm³/mol. The van der Waals surface area contributed by atoms with Crippen LogP contribution in [-0.4, -0.2) is 27.5 Å². The quantitative estimate of drug-likeness (QED) is 0.729. The molecule has 2 heterocycles. The van der Waals surface area contributed by atoms with Gasteiger partial charge in [0.15, 0.2) is 0 Å². The Morgan fingerprint density at radius 2 is 2.15 bits per heavy atom. The molecule has 1 aromatic carbocycles. The summed E-state index contributed by atoms with van der Waals surface area (Å²) in [6, 6.07) is 9.99. The van der Waals surface area contributed by atoms with E-state index in [1.807, 2.05) is 42.9 Å². The minimum Gasteiger partial charge on any atom is -0.351 e. The van der Waals surface area contributed by atoms with Crippen LogP contribution in [0.25, 0.3) is 11.0 Å². The van der Waals surface area contributed by atoms with Crippen molar-refractivity contribution in [2.24, 2.45) is 7.05 Å². The molecule has 0 unspecified atom stereocenters. The number of nitriles is 1. The van der Waals surface area contributed by atoms with Gasteiger partial charge in [-0.3, -0.25) is 4.79 Å². The van der Waals surface area contributed by atoms with Crippen molar-refractivity contribution in [2.75, 3.05) is 11.9 Å². The SMILES string of the molecule is CCc1cc(CNC(=O)CC#N)ccc1N(C)c1cc2c(cn1)ncn2C. The number of amides is 1. The van der Waals surface area contributed by atoms with Crippen molar-refractivity contribution < 1.29 is 4.79 Å². The van der Waals surface area contributed by atoms with Crippen LogP contribution in [0.3, 0.4) is 0 Å².